The van der Waals surface area contributed by atoms with Crippen LogP contribution in [0.1, 0.15) is 32.1 Å². The summed E-state index contributed by atoms with van der Waals surface area (Å²) in [6.07, 6.45) is 5.88. The largest absolute Gasteiger partial charge is 0.491 e. The molecule has 3 nitrogen and oxygen atoms in total. The predicted octanol–water partition coefficient (Wildman–Crippen LogP) is 2.55. The zero-order valence-corrected chi connectivity index (χ0v) is 10.9. The third-order valence-electron chi connectivity index (χ3n) is 4.26. The van der Waals surface area contributed by atoms with Crippen LogP contribution >= 0.6 is 0 Å². The van der Waals surface area contributed by atoms with Crippen LogP contribution in [-0.2, 0) is 0 Å². The van der Waals surface area contributed by atoms with Crippen molar-refractivity contribution in [3.8, 4) is 5.75 Å². The maximum atomic E-state index is 6.32. The fourth-order valence-electron chi connectivity index (χ4n) is 2.87. The summed E-state index contributed by atoms with van der Waals surface area (Å²) >= 11 is 0. The van der Waals surface area contributed by atoms with E-state index in [4.69, 9.17) is 10.5 Å². The van der Waals surface area contributed by atoms with Crippen molar-refractivity contribution in [2.75, 3.05) is 24.6 Å². The van der Waals surface area contributed by atoms with Crippen LogP contribution in [0.4, 0.5) is 5.69 Å². The van der Waals surface area contributed by atoms with E-state index in [0.717, 1.165) is 38.3 Å². The van der Waals surface area contributed by atoms with Gasteiger partial charge in [-0.15, -0.1) is 0 Å². The standard InChI is InChI=1S/C15H22N2O/c16-15(7-3-8-15)9-11-17-10-4-12-18-14-6-2-1-5-13(14)17/h1-2,5-6H,3-4,7-12,16H2. The van der Waals surface area contributed by atoms with Gasteiger partial charge in [-0.05, 0) is 44.2 Å². The van der Waals surface area contributed by atoms with Gasteiger partial charge in [-0.25, -0.2) is 0 Å². The van der Waals surface area contributed by atoms with Gasteiger partial charge in [0.25, 0.3) is 0 Å². The van der Waals surface area contributed by atoms with Crippen molar-refractivity contribution < 1.29 is 4.74 Å². The van der Waals surface area contributed by atoms with Crippen LogP contribution in [0.3, 0.4) is 0 Å². The van der Waals surface area contributed by atoms with Crippen molar-refractivity contribution in [3.63, 3.8) is 0 Å². The molecule has 0 amide bonds. The van der Waals surface area contributed by atoms with Gasteiger partial charge in [-0.3, -0.25) is 0 Å². The summed E-state index contributed by atoms with van der Waals surface area (Å²) in [5, 5.41) is 0. The van der Waals surface area contributed by atoms with E-state index in [-0.39, 0.29) is 5.54 Å². The lowest BCUT2D eigenvalue weighted by atomic mass is 9.75. The van der Waals surface area contributed by atoms with Crippen LogP contribution in [0.2, 0.25) is 0 Å². The topological polar surface area (TPSA) is 38.5 Å². The molecule has 0 aromatic heterocycles. The molecule has 3 rings (SSSR count). The maximum Gasteiger partial charge on any atom is 0.142 e. The summed E-state index contributed by atoms with van der Waals surface area (Å²) in [5.74, 6) is 1.02. The van der Waals surface area contributed by atoms with E-state index in [9.17, 15) is 0 Å². The lowest BCUT2D eigenvalue weighted by Gasteiger charge is -2.40. The second-order valence-electron chi connectivity index (χ2n) is 5.62. The van der Waals surface area contributed by atoms with Crippen molar-refractivity contribution in [2.45, 2.75) is 37.6 Å². The summed E-state index contributed by atoms with van der Waals surface area (Å²) in [4.78, 5) is 2.44. The summed E-state index contributed by atoms with van der Waals surface area (Å²) in [5.41, 5.74) is 7.67. The molecule has 1 aliphatic heterocycles. The second-order valence-corrected chi connectivity index (χ2v) is 5.62. The van der Waals surface area contributed by atoms with Gasteiger partial charge in [0.15, 0.2) is 0 Å². The molecule has 1 heterocycles. The first-order valence-electron chi connectivity index (χ1n) is 7.03. The number of para-hydroxylation sites is 2. The van der Waals surface area contributed by atoms with Gasteiger partial charge in [-0.1, -0.05) is 12.1 Å². The van der Waals surface area contributed by atoms with Gasteiger partial charge in [0, 0.05) is 18.6 Å². The van der Waals surface area contributed by atoms with Gasteiger partial charge in [0.2, 0.25) is 0 Å². The lowest BCUT2D eigenvalue weighted by molar-refractivity contribution is 0.233. The van der Waals surface area contributed by atoms with Crippen LogP contribution in [-0.4, -0.2) is 25.2 Å². The Balaban J connectivity index is 1.71. The van der Waals surface area contributed by atoms with Crippen LogP contribution in [0, 0.1) is 0 Å². The van der Waals surface area contributed by atoms with Crippen molar-refractivity contribution in [2.24, 2.45) is 5.73 Å². The van der Waals surface area contributed by atoms with Crippen LogP contribution in [0.5, 0.6) is 5.75 Å². The predicted molar refractivity (Wildman–Crippen MR) is 74.2 cm³/mol. The molecule has 2 N–H and O–H groups in total. The molecule has 1 fully saturated rings. The Bertz CT molecular complexity index is 415. The molecule has 2 aliphatic rings. The molecule has 0 radical (unpaired) electrons. The molecule has 98 valence electrons. The van der Waals surface area contributed by atoms with E-state index in [1.165, 1.54) is 24.9 Å². The lowest BCUT2D eigenvalue weighted by Crippen LogP contribution is -2.48. The molecule has 18 heavy (non-hydrogen) atoms. The number of hydrogen-bond donors (Lipinski definition) is 1. The van der Waals surface area contributed by atoms with Gasteiger partial charge in [-0.2, -0.15) is 0 Å². The molecule has 0 spiro atoms. The third kappa shape index (κ3) is 2.32. The first kappa shape index (κ1) is 11.8. The summed E-state index contributed by atoms with van der Waals surface area (Å²) in [6.45, 7) is 2.95. The molecule has 0 atom stereocenters. The Morgan fingerprint density at radius 2 is 2.06 bits per heavy atom. The van der Waals surface area contributed by atoms with E-state index in [0.29, 0.717) is 0 Å². The first-order chi connectivity index (χ1) is 8.77. The number of nitrogens with zero attached hydrogens (tertiary/aromatic N) is 1. The summed E-state index contributed by atoms with van der Waals surface area (Å²) in [7, 11) is 0. The fourth-order valence-corrected chi connectivity index (χ4v) is 2.87. The summed E-state index contributed by atoms with van der Waals surface area (Å²) in [6, 6.07) is 8.35. The monoisotopic (exact) mass is 246 g/mol. The Hall–Kier alpha value is -1.22. The van der Waals surface area contributed by atoms with Crippen LogP contribution in [0.25, 0.3) is 0 Å². The Kier molecular flexibility index (Phi) is 3.16. The van der Waals surface area contributed by atoms with Crippen molar-refractivity contribution in [1.82, 2.24) is 0 Å². The molecule has 0 unspecified atom stereocenters. The molecule has 0 bridgehead atoms. The van der Waals surface area contributed by atoms with E-state index >= 15 is 0 Å². The van der Waals surface area contributed by atoms with E-state index in [2.05, 4.69) is 23.1 Å². The van der Waals surface area contributed by atoms with Gasteiger partial charge in [0.1, 0.15) is 5.75 Å². The molecular formula is C15H22N2O. The average Bonchev–Trinajstić information content (AvgIpc) is 2.56. The molecule has 1 aromatic rings. The van der Waals surface area contributed by atoms with Gasteiger partial charge >= 0.3 is 0 Å². The van der Waals surface area contributed by atoms with E-state index in [1.54, 1.807) is 0 Å². The number of hydrogen-bond acceptors (Lipinski definition) is 3. The van der Waals surface area contributed by atoms with Gasteiger partial charge < -0.3 is 15.4 Å². The number of fused-ring (bicyclic) bond motifs is 1. The zero-order valence-electron chi connectivity index (χ0n) is 10.9. The zero-order chi connectivity index (χ0) is 12.4. The quantitative estimate of drug-likeness (QED) is 0.890. The molecule has 1 saturated carbocycles. The molecular weight excluding hydrogens is 224 g/mol. The highest BCUT2D eigenvalue weighted by atomic mass is 16.5. The number of ether oxygens (including phenoxy) is 1. The smallest absolute Gasteiger partial charge is 0.142 e. The number of nitrogens with two attached hydrogens (primary N) is 1. The fraction of sp³-hybridized carbons (Fsp3) is 0.600. The highest BCUT2D eigenvalue weighted by molar-refractivity contribution is 5.58. The second kappa shape index (κ2) is 4.81. The minimum Gasteiger partial charge on any atom is -0.491 e. The summed E-state index contributed by atoms with van der Waals surface area (Å²) < 4.78 is 5.78. The Morgan fingerprint density at radius 3 is 2.83 bits per heavy atom. The minimum atomic E-state index is 0.113. The average molecular weight is 246 g/mol. The normalized spacial score (nSPS) is 21.5. The molecule has 1 aliphatic carbocycles. The number of benzene rings is 1. The van der Waals surface area contributed by atoms with Crippen molar-refractivity contribution in [3.05, 3.63) is 24.3 Å². The minimum absolute atomic E-state index is 0.113. The Morgan fingerprint density at radius 1 is 1.22 bits per heavy atom. The van der Waals surface area contributed by atoms with Crippen molar-refractivity contribution in [1.29, 1.82) is 0 Å². The number of anilines is 1. The third-order valence-corrected chi connectivity index (χ3v) is 4.26. The van der Waals surface area contributed by atoms with E-state index < -0.39 is 0 Å². The molecule has 3 heteroatoms. The number of rotatable bonds is 3. The molecule has 1 aromatic carbocycles. The highest BCUT2D eigenvalue weighted by Gasteiger charge is 2.32. The van der Waals surface area contributed by atoms with Gasteiger partial charge in [0.05, 0.1) is 12.3 Å². The maximum absolute atomic E-state index is 6.32. The van der Waals surface area contributed by atoms with E-state index in [1.807, 2.05) is 6.07 Å². The van der Waals surface area contributed by atoms with Crippen LogP contribution < -0.4 is 15.4 Å². The first-order valence-corrected chi connectivity index (χ1v) is 7.03. The van der Waals surface area contributed by atoms with Crippen LogP contribution in [0.15, 0.2) is 24.3 Å². The molecule has 0 saturated heterocycles. The highest BCUT2D eigenvalue weighted by Crippen LogP contribution is 2.35. The SMILES string of the molecule is NC1(CCN2CCCOc3ccccc32)CCC1. The Labute approximate surface area is 109 Å². The van der Waals surface area contributed by atoms with Crippen molar-refractivity contribution >= 4 is 5.69 Å².